The second-order valence-electron chi connectivity index (χ2n) is 4.97. The first-order valence-corrected chi connectivity index (χ1v) is 5.93. The van der Waals surface area contributed by atoms with Crippen LogP contribution in [-0.4, -0.2) is 37.1 Å². The van der Waals surface area contributed by atoms with E-state index in [1.54, 1.807) is 0 Å². The zero-order valence-electron chi connectivity index (χ0n) is 11.4. The fourth-order valence-corrected chi connectivity index (χ4v) is 1.56. The summed E-state index contributed by atoms with van der Waals surface area (Å²) in [4.78, 5) is 2.28. The molecule has 0 bridgehead atoms. The minimum absolute atomic E-state index is 0.161. The Morgan fingerprint density at radius 3 is 2.20 bits per heavy atom. The first-order chi connectivity index (χ1) is 6.86. The number of hydrogen-bond donors (Lipinski definition) is 1. The molecule has 1 atom stereocenters. The third-order valence-corrected chi connectivity index (χ3v) is 3.45. The van der Waals surface area contributed by atoms with Crippen LogP contribution in [0, 0.1) is 0 Å². The molecule has 0 aromatic heterocycles. The standard InChI is InChI=1S/C13H28N2/c1-8-11(3)10-12(14-9-2)13(4,5)15(6)7/h12,14H,3,8-10H2,1-2,4-7H3. The van der Waals surface area contributed by atoms with Gasteiger partial charge in [-0.2, -0.15) is 0 Å². The summed E-state index contributed by atoms with van der Waals surface area (Å²) < 4.78 is 0. The van der Waals surface area contributed by atoms with Gasteiger partial charge in [-0.15, -0.1) is 0 Å². The highest BCUT2D eigenvalue weighted by Crippen LogP contribution is 2.22. The Labute approximate surface area is 95.7 Å². The molecule has 2 nitrogen and oxygen atoms in total. The van der Waals surface area contributed by atoms with Crippen molar-refractivity contribution in [2.24, 2.45) is 0 Å². The molecule has 90 valence electrons. The average molecular weight is 212 g/mol. The van der Waals surface area contributed by atoms with Crippen LogP contribution in [0.4, 0.5) is 0 Å². The van der Waals surface area contributed by atoms with Crippen LogP contribution in [0.2, 0.25) is 0 Å². The van der Waals surface area contributed by atoms with Gasteiger partial charge in [0, 0.05) is 11.6 Å². The van der Waals surface area contributed by atoms with Crippen LogP contribution in [0.3, 0.4) is 0 Å². The summed E-state index contributed by atoms with van der Waals surface area (Å²) in [5, 5.41) is 3.57. The minimum Gasteiger partial charge on any atom is -0.312 e. The molecule has 0 saturated carbocycles. The number of rotatable bonds is 7. The molecule has 0 saturated heterocycles. The van der Waals surface area contributed by atoms with Crippen molar-refractivity contribution in [2.45, 2.75) is 52.1 Å². The molecular formula is C13H28N2. The van der Waals surface area contributed by atoms with Crippen LogP contribution in [0.5, 0.6) is 0 Å². The fraction of sp³-hybridized carbons (Fsp3) is 0.846. The van der Waals surface area contributed by atoms with Crippen molar-refractivity contribution < 1.29 is 0 Å². The number of hydrogen-bond acceptors (Lipinski definition) is 2. The van der Waals surface area contributed by atoms with Crippen LogP contribution in [0.1, 0.15) is 40.5 Å². The lowest BCUT2D eigenvalue weighted by molar-refractivity contribution is 0.138. The van der Waals surface area contributed by atoms with E-state index in [4.69, 9.17) is 0 Å². The Bertz CT molecular complexity index is 195. The quantitative estimate of drug-likeness (QED) is 0.653. The molecule has 0 aliphatic rings. The number of nitrogens with zero attached hydrogens (tertiary/aromatic N) is 1. The normalized spacial score (nSPS) is 14.3. The van der Waals surface area contributed by atoms with Crippen molar-refractivity contribution in [1.82, 2.24) is 10.2 Å². The highest BCUT2D eigenvalue weighted by atomic mass is 15.2. The molecule has 0 radical (unpaired) electrons. The molecule has 2 heteroatoms. The molecule has 0 amide bonds. The van der Waals surface area contributed by atoms with Crippen molar-refractivity contribution in [2.75, 3.05) is 20.6 Å². The number of nitrogens with one attached hydrogen (secondary N) is 1. The summed E-state index contributed by atoms with van der Waals surface area (Å²) in [5.41, 5.74) is 1.49. The van der Waals surface area contributed by atoms with E-state index < -0.39 is 0 Å². The molecule has 1 N–H and O–H groups in total. The summed E-state index contributed by atoms with van der Waals surface area (Å²) in [6, 6.07) is 0.477. The van der Waals surface area contributed by atoms with Crippen LogP contribution in [-0.2, 0) is 0 Å². The second kappa shape index (κ2) is 6.29. The van der Waals surface area contributed by atoms with Gasteiger partial charge in [-0.3, -0.25) is 0 Å². The van der Waals surface area contributed by atoms with E-state index >= 15 is 0 Å². The summed E-state index contributed by atoms with van der Waals surface area (Å²) >= 11 is 0. The second-order valence-corrected chi connectivity index (χ2v) is 4.97. The Morgan fingerprint density at radius 1 is 1.33 bits per heavy atom. The summed E-state index contributed by atoms with van der Waals surface area (Å²) in [5.74, 6) is 0. The van der Waals surface area contributed by atoms with Gasteiger partial charge in [-0.25, -0.2) is 0 Å². The minimum atomic E-state index is 0.161. The van der Waals surface area contributed by atoms with Crippen molar-refractivity contribution in [3.05, 3.63) is 12.2 Å². The maximum atomic E-state index is 4.11. The van der Waals surface area contributed by atoms with E-state index in [1.165, 1.54) is 5.57 Å². The van der Waals surface area contributed by atoms with Gasteiger partial charge >= 0.3 is 0 Å². The van der Waals surface area contributed by atoms with E-state index in [0.717, 1.165) is 19.4 Å². The molecule has 0 fully saturated rings. The molecule has 15 heavy (non-hydrogen) atoms. The Balaban J connectivity index is 4.57. The zero-order valence-corrected chi connectivity index (χ0v) is 11.4. The smallest absolute Gasteiger partial charge is 0.0303 e. The van der Waals surface area contributed by atoms with E-state index in [2.05, 4.69) is 58.6 Å². The van der Waals surface area contributed by atoms with Gasteiger partial charge in [-0.05, 0) is 47.3 Å². The van der Waals surface area contributed by atoms with E-state index in [1.807, 2.05) is 0 Å². The Hall–Kier alpha value is -0.340. The Kier molecular flexibility index (Phi) is 6.15. The van der Waals surface area contributed by atoms with Gasteiger partial charge in [0.2, 0.25) is 0 Å². The van der Waals surface area contributed by atoms with Crippen molar-refractivity contribution >= 4 is 0 Å². The molecule has 0 heterocycles. The highest BCUT2D eigenvalue weighted by Gasteiger charge is 2.30. The first kappa shape index (κ1) is 14.7. The van der Waals surface area contributed by atoms with Crippen LogP contribution in [0.15, 0.2) is 12.2 Å². The topological polar surface area (TPSA) is 15.3 Å². The van der Waals surface area contributed by atoms with Gasteiger partial charge in [-0.1, -0.05) is 26.0 Å². The van der Waals surface area contributed by atoms with E-state index in [0.29, 0.717) is 6.04 Å². The fourth-order valence-electron chi connectivity index (χ4n) is 1.56. The average Bonchev–Trinajstić information content (AvgIpc) is 2.16. The summed E-state index contributed by atoms with van der Waals surface area (Å²) in [6.45, 7) is 14.0. The number of likely N-dealkylation sites (N-methyl/N-ethyl adjacent to an activating group) is 2. The molecular weight excluding hydrogens is 184 g/mol. The lowest BCUT2D eigenvalue weighted by Crippen LogP contribution is -2.55. The molecule has 0 aromatic rings. The monoisotopic (exact) mass is 212 g/mol. The predicted molar refractivity (Wildman–Crippen MR) is 69.3 cm³/mol. The van der Waals surface area contributed by atoms with Crippen molar-refractivity contribution in [3.8, 4) is 0 Å². The lowest BCUT2D eigenvalue weighted by Gasteiger charge is -2.41. The van der Waals surface area contributed by atoms with Crippen LogP contribution < -0.4 is 5.32 Å². The van der Waals surface area contributed by atoms with Crippen molar-refractivity contribution in [3.63, 3.8) is 0 Å². The van der Waals surface area contributed by atoms with Gasteiger partial charge in [0.1, 0.15) is 0 Å². The summed E-state index contributed by atoms with van der Waals surface area (Å²) in [7, 11) is 4.28. The third-order valence-electron chi connectivity index (χ3n) is 3.45. The lowest BCUT2D eigenvalue weighted by atomic mass is 9.87. The molecule has 0 aliphatic carbocycles. The van der Waals surface area contributed by atoms with Crippen LogP contribution in [0.25, 0.3) is 0 Å². The highest BCUT2D eigenvalue weighted by molar-refractivity contribution is 5.03. The molecule has 1 unspecified atom stereocenters. The zero-order chi connectivity index (χ0) is 12.1. The molecule has 0 spiro atoms. The molecule has 0 aromatic carbocycles. The van der Waals surface area contributed by atoms with Gasteiger partial charge in [0.05, 0.1) is 0 Å². The SMILES string of the molecule is C=C(CC)CC(NCC)C(C)(C)N(C)C. The van der Waals surface area contributed by atoms with Gasteiger partial charge in [0.15, 0.2) is 0 Å². The Morgan fingerprint density at radius 2 is 1.87 bits per heavy atom. The molecule has 0 aliphatic heterocycles. The van der Waals surface area contributed by atoms with E-state index in [9.17, 15) is 0 Å². The maximum Gasteiger partial charge on any atom is 0.0303 e. The van der Waals surface area contributed by atoms with Crippen LogP contribution >= 0.6 is 0 Å². The first-order valence-electron chi connectivity index (χ1n) is 5.93. The molecule has 0 rings (SSSR count). The van der Waals surface area contributed by atoms with E-state index in [-0.39, 0.29) is 5.54 Å². The third kappa shape index (κ3) is 4.35. The predicted octanol–water partition coefficient (Wildman–Crippen LogP) is 2.66. The van der Waals surface area contributed by atoms with Gasteiger partial charge < -0.3 is 10.2 Å². The van der Waals surface area contributed by atoms with Gasteiger partial charge in [0.25, 0.3) is 0 Å². The van der Waals surface area contributed by atoms with Crippen molar-refractivity contribution in [1.29, 1.82) is 0 Å². The maximum absolute atomic E-state index is 4.11. The summed E-state index contributed by atoms with van der Waals surface area (Å²) in [6.07, 6.45) is 2.14. The largest absolute Gasteiger partial charge is 0.312 e.